The van der Waals surface area contributed by atoms with Crippen molar-refractivity contribution >= 4 is 10.0 Å². The van der Waals surface area contributed by atoms with Gasteiger partial charge >= 0.3 is 0 Å². The molecule has 2 aromatic carbocycles. The molecule has 142 valence electrons. The number of nitrogens with zero attached hydrogens (tertiary/aromatic N) is 2. The van der Waals surface area contributed by atoms with E-state index >= 15 is 0 Å². The molecule has 27 heavy (non-hydrogen) atoms. The summed E-state index contributed by atoms with van der Waals surface area (Å²) in [7, 11) is -1.98. The van der Waals surface area contributed by atoms with Crippen LogP contribution in [0.3, 0.4) is 0 Å². The zero-order valence-corrected chi connectivity index (χ0v) is 16.0. The van der Waals surface area contributed by atoms with Gasteiger partial charge in [0.1, 0.15) is 5.75 Å². The second-order valence-electron chi connectivity index (χ2n) is 5.89. The minimum absolute atomic E-state index is 0.164. The summed E-state index contributed by atoms with van der Waals surface area (Å²) >= 11 is 0. The van der Waals surface area contributed by atoms with Crippen LogP contribution in [-0.4, -0.2) is 32.2 Å². The molecule has 0 aliphatic heterocycles. The second kappa shape index (κ2) is 8.32. The monoisotopic (exact) mass is 387 g/mol. The zero-order chi connectivity index (χ0) is 19.3. The molecule has 1 N–H and O–H groups in total. The Labute approximate surface area is 158 Å². The molecule has 0 saturated carbocycles. The maximum Gasteiger partial charge on any atom is 0.240 e. The van der Waals surface area contributed by atoms with E-state index in [2.05, 4.69) is 14.9 Å². The second-order valence-corrected chi connectivity index (χ2v) is 7.66. The summed E-state index contributed by atoms with van der Waals surface area (Å²) in [4.78, 5) is 4.54. The lowest BCUT2D eigenvalue weighted by molar-refractivity contribution is 0.379. The van der Waals surface area contributed by atoms with Gasteiger partial charge in [-0.25, -0.2) is 13.1 Å². The fraction of sp³-hybridized carbons (Fsp3) is 0.263. The molecule has 0 atom stereocenters. The number of rotatable bonds is 8. The third-order valence-corrected chi connectivity index (χ3v) is 5.55. The summed E-state index contributed by atoms with van der Waals surface area (Å²) in [5.74, 6) is 1.49. The maximum absolute atomic E-state index is 12.3. The number of methoxy groups -OCH3 is 1. The highest BCUT2D eigenvalue weighted by molar-refractivity contribution is 7.89. The van der Waals surface area contributed by atoms with Crippen molar-refractivity contribution in [2.75, 3.05) is 13.7 Å². The van der Waals surface area contributed by atoms with Crippen LogP contribution < -0.4 is 9.46 Å². The van der Waals surface area contributed by atoms with Gasteiger partial charge in [-0.1, -0.05) is 36.3 Å². The van der Waals surface area contributed by atoms with Gasteiger partial charge in [0, 0.05) is 18.5 Å². The largest absolute Gasteiger partial charge is 0.497 e. The minimum atomic E-state index is -3.57. The maximum atomic E-state index is 12.3. The van der Waals surface area contributed by atoms with Crippen molar-refractivity contribution in [1.29, 1.82) is 0 Å². The van der Waals surface area contributed by atoms with Gasteiger partial charge in [0.15, 0.2) is 0 Å². The third-order valence-electron chi connectivity index (χ3n) is 4.07. The van der Waals surface area contributed by atoms with Crippen LogP contribution in [0.4, 0.5) is 0 Å². The number of aromatic nitrogens is 2. The Morgan fingerprint density at radius 1 is 1.15 bits per heavy atom. The van der Waals surface area contributed by atoms with Gasteiger partial charge in [0.2, 0.25) is 21.7 Å². The fourth-order valence-electron chi connectivity index (χ4n) is 2.52. The SMILES string of the molecule is CCc1ccc(S(=O)(=O)NCCc2nc(-c3cccc(OC)c3)no2)cc1. The highest BCUT2D eigenvalue weighted by Crippen LogP contribution is 2.21. The molecule has 3 aromatic rings. The van der Waals surface area contributed by atoms with E-state index in [1.807, 2.05) is 37.3 Å². The van der Waals surface area contributed by atoms with Gasteiger partial charge in [0.05, 0.1) is 12.0 Å². The first kappa shape index (κ1) is 19.1. The van der Waals surface area contributed by atoms with Crippen molar-refractivity contribution in [2.45, 2.75) is 24.7 Å². The number of aryl methyl sites for hydroxylation is 1. The first-order valence-corrected chi connectivity index (χ1v) is 10.1. The van der Waals surface area contributed by atoms with E-state index in [0.29, 0.717) is 23.9 Å². The van der Waals surface area contributed by atoms with Crippen LogP contribution >= 0.6 is 0 Å². The van der Waals surface area contributed by atoms with E-state index in [4.69, 9.17) is 9.26 Å². The van der Waals surface area contributed by atoms with E-state index in [-0.39, 0.29) is 11.4 Å². The van der Waals surface area contributed by atoms with E-state index in [1.165, 1.54) is 0 Å². The van der Waals surface area contributed by atoms with Crippen LogP contribution in [0.15, 0.2) is 57.9 Å². The van der Waals surface area contributed by atoms with Gasteiger partial charge in [-0.05, 0) is 36.2 Å². The molecule has 1 heterocycles. The summed E-state index contributed by atoms with van der Waals surface area (Å²) in [5, 5.41) is 3.94. The fourth-order valence-corrected chi connectivity index (χ4v) is 3.55. The van der Waals surface area contributed by atoms with Crippen molar-refractivity contribution in [3.63, 3.8) is 0 Å². The standard InChI is InChI=1S/C19H21N3O4S/c1-3-14-7-9-17(10-8-14)27(23,24)20-12-11-18-21-19(22-26-18)15-5-4-6-16(13-15)25-2/h4-10,13,20H,3,11-12H2,1-2H3. The summed E-state index contributed by atoms with van der Waals surface area (Å²) in [6.07, 6.45) is 1.16. The molecule has 0 aliphatic carbocycles. The Bertz CT molecular complexity index is 998. The summed E-state index contributed by atoms with van der Waals surface area (Å²) in [6.45, 7) is 2.18. The van der Waals surface area contributed by atoms with Crippen LogP contribution in [-0.2, 0) is 22.9 Å². The normalized spacial score (nSPS) is 11.5. The van der Waals surface area contributed by atoms with E-state index in [0.717, 1.165) is 17.5 Å². The molecule has 0 spiro atoms. The molecule has 1 aromatic heterocycles. The van der Waals surface area contributed by atoms with Crippen molar-refractivity contribution in [2.24, 2.45) is 0 Å². The summed E-state index contributed by atoms with van der Waals surface area (Å²) < 4.78 is 37.6. The lowest BCUT2D eigenvalue weighted by Crippen LogP contribution is -2.26. The average molecular weight is 387 g/mol. The molecule has 0 aliphatic rings. The Kier molecular flexibility index (Phi) is 5.88. The number of hydrogen-bond donors (Lipinski definition) is 1. The van der Waals surface area contributed by atoms with Crippen LogP contribution in [0.2, 0.25) is 0 Å². The molecule has 0 saturated heterocycles. The molecule has 3 rings (SSSR count). The highest BCUT2D eigenvalue weighted by Gasteiger charge is 2.15. The smallest absolute Gasteiger partial charge is 0.240 e. The van der Waals surface area contributed by atoms with Gasteiger partial charge in [-0.3, -0.25) is 0 Å². The van der Waals surface area contributed by atoms with Crippen LogP contribution in [0, 0.1) is 0 Å². The third kappa shape index (κ3) is 4.72. The van der Waals surface area contributed by atoms with E-state index in [1.54, 1.807) is 25.3 Å². The Morgan fingerprint density at radius 2 is 1.93 bits per heavy atom. The average Bonchev–Trinajstić information content (AvgIpc) is 3.17. The first-order valence-electron chi connectivity index (χ1n) is 8.57. The Balaban J connectivity index is 1.61. The molecule has 0 amide bonds. The highest BCUT2D eigenvalue weighted by atomic mass is 32.2. The number of ether oxygens (including phenoxy) is 1. The molecule has 0 radical (unpaired) electrons. The summed E-state index contributed by atoms with van der Waals surface area (Å²) in [6, 6.07) is 14.1. The number of hydrogen-bond acceptors (Lipinski definition) is 6. The Hall–Kier alpha value is -2.71. The molecule has 7 nitrogen and oxygen atoms in total. The van der Waals surface area contributed by atoms with Gasteiger partial charge in [-0.15, -0.1) is 0 Å². The molecule has 0 bridgehead atoms. The molecule has 0 fully saturated rings. The quantitative estimate of drug-likeness (QED) is 0.639. The lowest BCUT2D eigenvalue weighted by atomic mass is 10.2. The van der Waals surface area contributed by atoms with Crippen molar-refractivity contribution in [1.82, 2.24) is 14.9 Å². The van der Waals surface area contributed by atoms with Crippen LogP contribution in [0.5, 0.6) is 5.75 Å². The number of nitrogens with one attached hydrogen (secondary N) is 1. The lowest BCUT2D eigenvalue weighted by Gasteiger charge is -2.06. The van der Waals surface area contributed by atoms with Crippen LogP contribution in [0.25, 0.3) is 11.4 Å². The van der Waals surface area contributed by atoms with Crippen molar-refractivity contribution in [3.8, 4) is 17.1 Å². The van der Waals surface area contributed by atoms with E-state index < -0.39 is 10.0 Å². The van der Waals surface area contributed by atoms with Crippen molar-refractivity contribution < 1.29 is 17.7 Å². The predicted molar refractivity (Wildman–Crippen MR) is 101 cm³/mol. The molecule has 0 unspecified atom stereocenters. The van der Waals surface area contributed by atoms with Crippen molar-refractivity contribution in [3.05, 3.63) is 60.0 Å². The number of benzene rings is 2. The summed E-state index contributed by atoms with van der Waals surface area (Å²) in [5.41, 5.74) is 1.85. The Morgan fingerprint density at radius 3 is 2.63 bits per heavy atom. The molecular weight excluding hydrogens is 366 g/mol. The van der Waals surface area contributed by atoms with Gasteiger partial charge < -0.3 is 9.26 Å². The van der Waals surface area contributed by atoms with Crippen LogP contribution in [0.1, 0.15) is 18.4 Å². The zero-order valence-electron chi connectivity index (χ0n) is 15.2. The molecule has 8 heteroatoms. The van der Waals surface area contributed by atoms with E-state index in [9.17, 15) is 8.42 Å². The predicted octanol–water partition coefficient (Wildman–Crippen LogP) is 2.83. The molecular formula is C19H21N3O4S. The first-order chi connectivity index (χ1) is 13.0. The van der Waals surface area contributed by atoms with Gasteiger partial charge in [0.25, 0.3) is 0 Å². The van der Waals surface area contributed by atoms with Gasteiger partial charge in [-0.2, -0.15) is 4.98 Å². The minimum Gasteiger partial charge on any atom is -0.497 e. The number of sulfonamides is 1. The topological polar surface area (TPSA) is 94.3 Å².